The third-order valence-corrected chi connectivity index (χ3v) is 4.41. The number of esters is 1. The van der Waals surface area contributed by atoms with E-state index < -0.39 is 24.2 Å². The minimum Gasteiger partial charge on any atom is -0.463 e. The fraction of sp³-hybridized carbons (Fsp3) is 0.786. The minimum atomic E-state index is -0.717. The van der Waals surface area contributed by atoms with Gasteiger partial charge in [-0.05, 0) is 26.2 Å². The first-order chi connectivity index (χ1) is 8.99. The zero-order valence-corrected chi connectivity index (χ0v) is 11.1. The average Bonchev–Trinajstić information content (AvgIpc) is 2.67. The number of carbonyl (C=O) groups is 1. The largest absolute Gasteiger partial charge is 0.463 e. The van der Waals surface area contributed by atoms with Crippen LogP contribution in [0.25, 0.3) is 0 Å². The Morgan fingerprint density at radius 2 is 2.11 bits per heavy atom. The molecule has 19 heavy (non-hydrogen) atoms. The second-order valence-corrected chi connectivity index (χ2v) is 6.00. The van der Waals surface area contributed by atoms with Crippen LogP contribution in [0.4, 0.5) is 0 Å². The van der Waals surface area contributed by atoms with Gasteiger partial charge in [-0.2, -0.15) is 0 Å². The highest BCUT2D eigenvalue weighted by molar-refractivity contribution is 5.75. The molecule has 3 rings (SSSR count). The number of hydrogen-bond acceptors (Lipinski definition) is 5. The second kappa shape index (κ2) is 4.58. The van der Waals surface area contributed by atoms with Gasteiger partial charge in [0.2, 0.25) is 0 Å². The molecule has 0 unspecified atom stereocenters. The quantitative estimate of drug-likeness (QED) is 0.554. The van der Waals surface area contributed by atoms with Crippen LogP contribution in [0.15, 0.2) is 12.2 Å². The van der Waals surface area contributed by atoms with Crippen LogP contribution < -0.4 is 0 Å². The summed E-state index contributed by atoms with van der Waals surface area (Å²) in [5.74, 6) is -1.01. The molecule has 2 N–H and O–H groups in total. The number of rotatable bonds is 2. The monoisotopic (exact) mass is 268 g/mol. The number of aliphatic hydroxyl groups is 2. The van der Waals surface area contributed by atoms with E-state index in [2.05, 4.69) is 0 Å². The van der Waals surface area contributed by atoms with E-state index in [1.807, 2.05) is 0 Å². The SMILES string of the molecule is CC(C)OC(=O)[C@@H]1[C@H]2O[C@@H]3C=C[C@H](O)[C@H](C[C@@H]2O)[C@@H]13. The zero-order chi connectivity index (χ0) is 13.7. The van der Waals surface area contributed by atoms with Gasteiger partial charge in [0.1, 0.15) is 0 Å². The van der Waals surface area contributed by atoms with Crippen molar-refractivity contribution in [2.24, 2.45) is 17.8 Å². The Morgan fingerprint density at radius 1 is 1.37 bits per heavy atom. The van der Waals surface area contributed by atoms with Crippen LogP contribution in [0, 0.1) is 17.8 Å². The van der Waals surface area contributed by atoms with E-state index in [-0.39, 0.29) is 30.0 Å². The van der Waals surface area contributed by atoms with Crippen molar-refractivity contribution in [2.75, 3.05) is 0 Å². The summed E-state index contributed by atoms with van der Waals surface area (Å²) in [6.07, 6.45) is 1.76. The van der Waals surface area contributed by atoms with Gasteiger partial charge < -0.3 is 19.7 Å². The molecule has 7 atom stereocenters. The Bertz CT molecular complexity index is 405. The van der Waals surface area contributed by atoms with Crippen molar-refractivity contribution in [1.82, 2.24) is 0 Å². The second-order valence-electron chi connectivity index (χ2n) is 6.00. The van der Waals surface area contributed by atoms with Crippen LogP contribution in [0.1, 0.15) is 20.3 Å². The van der Waals surface area contributed by atoms with Gasteiger partial charge in [-0.25, -0.2) is 0 Å². The van der Waals surface area contributed by atoms with Crippen molar-refractivity contribution in [3.8, 4) is 0 Å². The molecule has 1 saturated carbocycles. The lowest BCUT2D eigenvalue weighted by molar-refractivity contribution is -0.162. The van der Waals surface area contributed by atoms with Crippen LogP contribution in [0.2, 0.25) is 0 Å². The average molecular weight is 268 g/mol. The lowest BCUT2D eigenvalue weighted by atomic mass is 9.65. The van der Waals surface area contributed by atoms with E-state index in [0.29, 0.717) is 6.42 Å². The molecule has 2 fully saturated rings. The number of aliphatic hydroxyl groups excluding tert-OH is 2. The first-order valence-corrected chi connectivity index (χ1v) is 6.89. The van der Waals surface area contributed by atoms with Crippen LogP contribution in [0.5, 0.6) is 0 Å². The third-order valence-electron chi connectivity index (χ3n) is 4.41. The van der Waals surface area contributed by atoms with Crippen molar-refractivity contribution in [1.29, 1.82) is 0 Å². The number of fused-ring (bicyclic) bond motifs is 1. The summed E-state index contributed by atoms with van der Waals surface area (Å²) in [6, 6.07) is 0. The Morgan fingerprint density at radius 3 is 2.79 bits per heavy atom. The molecule has 2 bridgehead atoms. The molecule has 0 spiro atoms. The normalized spacial score (nSPS) is 47.5. The molecule has 3 aliphatic rings. The highest BCUT2D eigenvalue weighted by Crippen LogP contribution is 2.50. The van der Waals surface area contributed by atoms with Gasteiger partial charge in [0.15, 0.2) is 0 Å². The third kappa shape index (κ3) is 2.00. The standard InChI is InChI=1S/C14H20O5/c1-6(2)18-14(17)12-11-7-5-9(16)13(12)19-10(11)4-3-8(7)15/h3-4,6-13,15-16H,5H2,1-2H3/t7-,8-,9-,10+,11+,12-,13-/m0/s1. The van der Waals surface area contributed by atoms with Gasteiger partial charge in [0.25, 0.3) is 0 Å². The minimum absolute atomic E-state index is 0.0837. The first-order valence-electron chi connectivity index (χ1n) is 6.89. The number of hydrogen-bond donors (Lipinski definition) is 2. The molecular formula is C14H20O5. The molecule has 0 aromatic carbocycles. The summed E-state index contributed by atoms with van der Waals surface area (Å²) in [4.78, 5) is 12.2. The van der Waals surface area contributed by atoms with Gasteiger partial charge >= 0.3 is 5.97 Å². The highest BCUT2D eigenvalue weighted by Gasteiger charge is 2.59. The Balaban J connectivity index is 1.90. The van der Waals surface area contributed by atoms with Crippen molar-refractivity contribution >= 4 is 5.97 Å². The van der Waals surface area contributed by atoms with E-state index in [1.165, 1.54) is 0 Å². The molecule has 0 amide bonds. The van der Waals surface area contributed by atoms with E-state index in [9.17, 15) is 15.0 Å². The first kappa shape index (κ1) is 13.1. The summed E-state index contributed by atoms with van der Waals surface area (Å²) in [6.45, 7) is 3.60. The lowest BCUT2D eigenvalue weighted by Gasteiger charge is -2.40. The molecule has 0 aromatic heterocycles. The van der Waals surface area contributed by atoms with Crippen molar-refractivity contribution in [2.45, 2.75) is 50.8 Å². The van der Waals surface area contributed by atoms with Crippen molar-refractivity contribution in [3.63, 3.8) is 0 Å². The molecule has 2 aliphatic carbocycles. The molecule has 1 heterocycles. The lowest BCUT2D eigenvalue weighted by Crippen LogP contribution is -2.50. The van der Waals surface area contributed by atoms with Crippen LogP contribution in [-0.4, -0.2) is 46.7 Å². The Labute approximate surface area is 112 Å². The van der Waals surface area contributed by atoms with E-state index in [4.69, 9.17) is 9.47 Å². The van der Waals surface area contributed by atoms with E-state index in [1.54, 1.807) is 26.0 Å². The number of ether oxygens (including phenoxy) is 2. The fourth-order valence-electron chi connectivity index (χ4n) is 3.70. The maximum Gasteiger partial charge on any atom is 0.312 e. The Hall–Kier alpha value is -0.910. The molecule has 1 aliphatic heterocycles. The smallest absolute Gasteiger partial charge is 0.312 e. The summed E-state index contributed by atoms with van der Waals surface area (Å²) in [5, 5.41) is 20.2. The fourth-order valence-corrected chi connectivity index (χ4v) is 3.70. The summed E-state index contributed by atoms with van der Waals surface area (Å²) >= 11 is 0. The van der Waals surface area contributed by atoms with E-state index in [0.717, 1.165) is 0 Å². The summed E-state index contributed by atoms with van der Waals surface area (Å²) in [5.41, 5.74) is 0. The predicted octanol–water partition coefficient (Wildman–Crippen LogP) is 0.249. The maximum atomic E-state index is 12.2. The van der Waals surface area contributed by atoms with Crippen molar-refractivity contribution in [3.05, 3.63) is 12.2 Å². The topological polar surface area (TPSA) is 76.0 Å². The van der Waals surface area contributed by atoms with Gasteiger partial charge in [0.05, 0.1) is 36.4 Å². The van der Waals surface area contributed by atoms with Gasteiger partial charge in [-0.1, -0.05) is 12.2 Å². The molecule has 106 valence electrons. The summed E-state index contributed by atoms with van der Waals surface area (Å²) < 4.78 is 11.1. The molecular weight excluding hydrogens is 248 g/mol. The van der Waals surface area contributed by atoms with Crippen molar-refractivity contribution < 1.29 is 24.5 Å². The van der Waals surface area contributed by atoms with Crippen LogP contribution in [0.3, 0.4) is 0 Å². The molecule has 0 aromatic rings. The van der Waals surface area contributed by atoms with E-state index >= 15 is 0 Å². The molecule has 5 nitrogen and oxygen atoms in total. The molecule has 1 saturated heterocycles. The van der Waals surface area contributed by atoms with Gasteiger partial charge in [-0.15, -0.1) is 0 Å². The van der Waals surface area contributed by atoms with Crippen LogP contribution in [-0.2, 0) is 14.3 Å². The Kier molecular flexibility index (Phi) is 3.15. The summed E-state index contributed by atoms with van der Waals surface area (Å²) in [7, 11) is 0. The maximum absolute atomic E-state index is 12.2. The highest BCUT2D eigenvalue weighted by atomic mass is 16.6. The van der Waals surface area contributed by atoms with Gasteiger partial charge in [-0.3, -0.25) is 4.79 Å². The molecule has 0 radical (unpaired) electrons. The van der Waals surface area contributed by atoms with Gasteiger partial charge in [0, 0.05) is 5.92 Å². The predicted molar refractivity (Wildman–Crippen MR) is 66.1 cm³/mol. The van der Waals surface area contributed by atoms with Crippen LogP contribution >= 0.6 is 0 Å². The molecule has 5 heteroatoms. The number of carbonyl (C=O) groups excluding carboxylic acids is 1. The zero-order valence-electron chi connectivity index (χ0n) is 11.1.